The van der Waals surface area contributed by atoms with Gasteiger partial charge in [0.05, 0.1) is 0 Å². The lowest BCUT2D eigenvalue weighted by Crippen LogP contribution is -2.33. The molecule has 4 N–H and O–H groups in total. The molecule has 0 aliphatic heterocycles. The third-order valence-corrected chi connectivity index (χ3v) is 2.90. The summed E-state index contributed by atoms with van der Waals surface area (Å²) in [6.07, 6.45) is 1.38. The number of nitrogens with two attached hydrogens (primary N) is 1. The van der Waals surface area contributed by atoms with Crippen LogP contribution >= 0.6 is 0 Å². The molecule has 0 radical (unpaired) electrons. The van der Waals surface area contributed by atoms with Gasteiger partial charge in [-0.1, -0.05) is 18.2 Å². The van der Waals surface area contributed by atoms with Crippen LogP contribution in [0.3, 0.4) is 0 Å². The molecule has 5 nitrogen and oxygen atoms in total. The summed E-state index contributed by atoms with van der Waals surface area (Å²) in [4.78, 5) is 22.5. The van der Waals surface area contributed by atoms with E-state index in [1.807, 2.05) is 32.0 Å². The van der Waals surface area contributed by atoms with Crippen LogP contribution in [-0.2, 0) is 16.0 Å². The molecule has 0 aliphatic rings. The average Bonchev–Trinajstić information content (AvgIpc) is 2.34. The number of hydrogen-bond acceptors (Lipinski definition) is 3. The predicted molar refractivity (Wildman–Crippen MR) is 78.5 cm³/mol. The fourth-order valence-electron chi connectivity index (χ4n) is 1.75. The highest BCUT2D eigenvalue weighted by molar-refractivity contribution is 5.91. The molecule has 1 amide bonds. The van der Waals surface area contributed by atoms with Crippen molar-refractivity contribution in [1.29, 1.82) is 0 Å². The Kier molecular flexibility index (Phi) is 5.70. The third kappa shape index (κ3) is 6.33. The molecule has 0 saturated heterocycles. The lowest BCUT2D eigenvalue weighted by Gasteiger charge is -2.18. The Morgan fingerprint density at radius 2 is 1.90 bits per heavy atom. The average molecular weight is 278 g/mol. The standard InChI is InChI=1S/C15H22N2O3/c1-15(2,16)10-9-13(18)17-12-6-4-3-5-11(12)7-8-14(19)20/h3-6H,7-10,16H2,1-2H3,(H,17,18)(H,19,20). The van der Waals surface area contributed by atoms with Crippen molar-refractivity contribution in [1.82, 2.24) is 0 Å². The van der Waals surface area contributed by atoms with Gasteiger partial charge in [-0.15, -0.1) is 0 Å². The minimum absolute atomic E-state index is 0.0444. The van der Waals surface area contributed by atoms with Gasteiger partial charge in [-0.2, -0.15) is 0 Å². The zero-order valence-corrected chi connectivity index (χ0v) is 12.0. The molecule has 0 aliphatic carbocycles. The number of aliphatic carboxylic acids is 1. The van der Waals surface area contributed by atoms with E-state index in [2.05, 4.69) is 5.32 Å². The molecule has 0 atom stereocenters. The Morgan fingerprint density at radius 3 is 2.50 bits per heavy atom. The molecule has 0 saturated carbocycles. The van der Waals surface area contributed by atoms with Crippen LogP contribution in [0, 0.1) is 0 Å². The van der Waals surface area contributed by atoms with Gasteiger partial charge in [0.15, 0.2) is 0 Å². The number of carboxylic acids is 1. The molecule has 0 spiro atoms. The summed E-state index contributed by atoms with van der Waals surface area (Å²) < 4.78 is 0. The largest absolute Gasteiger partial charge is 0.481 e. The monoisotopic (exact) mass is 278 g/mol. The number of amides is 1. The van der Waals surface area contributed by atoms with Gasteiger partial charge in [-0.25, -0.2) is 0 Å². The predicted octanol–water partition coefficient (Wildman–Crippen LogP) is 2.16. The van der Waals surface area contributed by atoms with Gasteiger partial charge in [-0.05, 0) is 38.3 Å². The van der Waals surface area contributed by atoms with Gasteiger partial charge in [0.2, 0.25) is 5.91 Å². The summed E-state index contributed by atoms with van der Waals surface area (Å²) in [6.45, 7) is 3.75. The summed E-state index contributed by atoms with van der Waals surface area (Å²) in [7, 11) is 0. The summed E-state index contributed by atoms with van der Waals surface area (Å²) in [6, 6.07) is 7.25. The molecule has 5 heteroatoms. The number of rotatable bonds is 7. The molecule has 0 aromatic heterocycles. The number of nitrogens with one attached hydrogen (secondary N) is 1. The lowest BCUT2D eigenvalue weighted by molar-refractivity contribution is -0.136. The van der Waals surface area contributed by atoms with E-state index in [-0.39, 0.29) is 17.9 Å². The normalized spacial score (nSPS) is 11.2. The highest BCUT2D eigenvalue weighted by Gasteiger charge is 2.14. The second kappa shape index (κ2) is 7.05. The number of benzene rings is 1. The fourth-order valence-corrected chi connectivity index (χ4v) is 1.75. The van der Waals surface area contributed by atoms with Gasteiger partial charge in [-0.3, -0.25) is 9.59 Å². The van der Waals surface area contributed by atoms with Crippen LogP contribution in [0.4, 0.5) is 5.69 Å². The summed E-state index contributed by atoms with van der Waals surface area (Å²) in [5.74, 6) is -0.956. The van der Waals surface area contributed by atoms with Crippen LogP contribution in [0.15, 0.2) is 24.3 Å². The van der Waals surface area contributed by atoms with E-state index >= 15 is 0 Å². The number of para-hydroxylation sites is 1. The van der Waals surface area contributed by atoms with Crippen molar-refractivity contribution in [2.45, 2.75) is 45.1 Å². The van der Waals surface area contributed by atoms with Crippen LogP contribution < -0.4 is 11.1 Å². The fraction of sp³-hybridized carbons (Fsp3) is 0.467. The van der Waals surface area contributed by atoms with E-state index in [9.17, 15) is 9.59 Å². The molecule has 0 fully saturated rings. The van der Waals surface area contributed by atoms with Crippen molar-refractivity contribution in [2.75, 3.05) is 5.32 Å². The van der Waals surface area contributed by atoms with Gasteiger partial charge in [0.25, 0.3) is 0 Å². The summed E-state index contributed by atoms with van der Waals surface area (Å²) >= 11 is 0. The lowest BCUT2D eigenvalue weighted by atomic mass is 10.00. The van der Waals surface area contributed by atoms with E-state index in [4.69, 9.17) is 10.8 Å². The van der Waals surface area contributed by atoms with Crippen LogP contribution in [0.1, 0.15) is 38.7 Å². The van der Waals surface area contributed by atoms with Gasteiger partial charge >= 0.3 is 5.97 Å². The van der Waals surface area contributed by atoms with Crippen LogP contribution in [0.2, 0.25) is 0 Å². The molecule has 20 heavy (non-hydrogen) atoms. The first-order chi connectivity index (χ1) is 9.28. The third-order valence-electron chi connectivity index (χ3n) is 2.90. The Hall–Kier alpha value is -1.88. The van der Waals surface area contributed by atoms with Crippen molar-refractivity contribution in [3.8, 4) is 0 Å². The second-order valence-corrected chi connectivity index (χ2v) is 5.59. The minimum Gasteiger partial charge on any atom is -0.481 e. The molecule has 0 heterocycles. The second-order valence-electron chi connectivity index (χ2n) is 5.59. The molecule has 0 unspecified atom stereocenters. The zero-order chi connectivity index (χ0) is 15.2. The number of carbonyl (C=O) groups excluding carboxylic acids is 1. The minimum atomic E-state index is -0.851. The first kappa shape index (κ1) is 16.2. The quantitative estimate of drug-likeness (QED) is 0.712. The first-order valence-electron chi connectivity index (χ1n) is 6.66. The van der Waals surface area contributed by atoms with E-state index in [1.54, 1.807) is 6.07 Å². The number of aryl methyl sites for hydroxylation is 1. The van der Waals surface area contributed by atoms with E-state index in [0.29, 0.717) is 24.9 Å². The molecule has 1 aromatic carbocycles. The molecular weight excluding hydrogens is 256 g/mol. The number of anilines is 1. The summed E-state index contributed by atoms with van der Waals surface area (Å²) in [5.41, 5.74) is 6.97. The van der Waals surface area contributed by atoms with Crippen molar-refractivity contribution in [3.63, 3.8) is 0 Å². The smallest absolute Gasteiger partial charge is 0.303 e. The van der Waals surface area contributed by atoms with Gasteiger partial charge in [0.1, 0.15) is 0 Å². The molecule has 110 valence electrons. The van der Waals surface area contributed by atoms with Gasteiger partial charge < -0.3 is 16.2 Å². The maximum atomic E-state index is 11.9. The van der Waals surface area contributed by atoms with Crippen molar-refractivity contribution < 1.29 is 14.7 Å². The van der Waals surface area contributed by atoms with E-state index < -0.39 is 5.97 Å². The maximum Gasteiger partial charge on any atom is 0.303 e. The Bertz CT molecular complexity index is 478. The molecule has 1 aromatic rings. The summed E-state index contributed by atoms with van der Waals surface area (Å²) in [5, 5.41) is 11.5. The van der Waals surface area contributed by atoms with Crippen molar-refractivity contribution >= 4 is 17.6 Å². The van der Waals surface area contributed by atoms with Crippen LogP contribution in [-0.4, -0.2) is 22.5 Å². The topological polar surface area (TPSA) is 92.4 Å². The van der Waals surface area contributed by atoms with E-state index in [1.165, 1.54) is 0 Å². The number of hydrogen-bond donors (Lipinski definition) is 3. The number of carbonyl (C=O) groups is 2. The highest BCUT2D eigenvalue weighted by atomic mass is 16.4. The Labute approximate surface area is 119 Å². The Balaban J connectivity index is 2.62. The first-order valence-corrected chi connectivity index (χ1v) is 6.66. The van der Waals surface area contributed by atoms with E-state index in [0.717, 1.165) is 5.56 Å². The van der Waals surface area contributed by atoms with Crippen LogP contribution in [0.25, 0.3) is 0 Å². The maximum absolute atomic E-state index is 11.9. The zero-order valence-electron chi connectivity index (χ0n) is 12.0. The highest BCUT2D eigenvalue weighted by Crippen LogP contribution is 2.18. The van der Waals surface area contributed by atoms with Crippen molar-refractivity contribution in [2.24, 2.45) is 5.73 Å². The van der Waals surface area contributed by atoms with Crippen LogP contribution in [0.5, 0.6) is 0 Å². The van der Waals surface area contributed by atoms with Crippen molar-refractivity contribution in [3.05, 3.63) is 29.8 Å². The SMILES string of the molecule is CC(C)(N)CCC(=O)Nc1ccccc1CCC(=O)O. The number of carboxylic acid groups (broad SMARTS) is 1. The molecule has 0 bridgehead atoms. The van der Waals surface area contributed by atoms with Gasteiger partial charge in [0, 0.05) is 24.1 Å². The molecule has 1 rings (SSSR count). The Morgan fingerprint density at radius 1 is 1.25 bits per heavy atom. The molecular formula is C15H22N2O3.